The molecule has 14 heavy (non-hydrogen) atoms. The SMILES string of the molecule is CCON=C(C#N)C1CN2CCC1C2. The summed E-state index contributed by atoms with van der Waals surface area (Å²) in [7, 11) is 0. The Hall–Kier alpha value is -1.08. The Morgan fingerprint density at radius 3 is 3.00 bits per heavy atom. The summed E-state index contributed by atoms with van der Waals surface area (Å²) in [5, 5.41) is 12.9. The molecule has 0 aromatic rings. The van der Waals surface area contributed by atoms with Gasteiger partial charge < -0.3 is 9.74 Å². The first-order chi connectivity index (χ1) is 6.85. The molecule has 0 N–H and O–H groups in total. The van der Waals surface area contributed by atoms with Gasteiger partial charge in [-0.2, -0.15) is 5.26 Å². The third-order valence-electron chi connectivity index (χ3n) is 3.09. The lowest BCUT2D eigenvalue weighted by Gasteiger charge is -2.19. The summed E-state index contributed by atoms with van der Waals surface area (Å²) in [6.07, 6.45) is 1.21. The second-order valence-electron chi connectivity index (χ2n) is 3.92. The van der Waals surface area contributed by atoms with Crippen molar-refractivity contribution in [1.29, 1.82) is 5.26 Å². The Labute approximate surface area is 84.1 Å². The first-order valence-electron chi connectivity index (χ1n) is 5.17. The average Bonchev–Trinajstić information content (AvgIpc) is 2.80. The van der Waals surface area contributed by atoms with Crippen molar-refractivity contribution in [3.05, 3.63) is 0 Å². The predicted octanol–water partition coefficient (Wildman–Crippen LogP) is 0.854. The molecule has 0 aliphatic carbocycles. The first kappa shape index (κ1) is 9.47. The van der Waals surface area contributed by atoms with E-state index in [1.54, 1.807) is 0 Å². The molecule has 0 spiro atoms. The molecular formula is C10H15N3O. The van der Waals surface area contributed by atoms with Crippen molar-refractivity contribution < 1.29 is 4.84 Å². The van der Waals surface area contributed by atoms with Gasteiger partial charge in [0.1, 0.15) is 12.7 Å². The first-order valence-corrected chi connectivity index (χ1v) is 5.17. The van der Waals surface area contributed by atoms with Gasteiger partial charge in [-0.25, -0.2) is 0 Å². The van der Waals surface area contributed by atoms with E-state index in [0.717, 1.165) is 13.1 Å². The highest BCUT2D eigenvalue weighted by Gasteiger charge is 2.40. The molecule has 2 fully saturated rings. The monoisotopic (exact) mass is 193 g/mol. The number of piperidine rings is 1. The van der Waals surface area contributed by atoms with E-state index in [4.69, 9.17) is 10.1 Å². The minimum Gasteiger partial charge on any atom is -0.395 e. The van der Waals surface area contributed by atoms with Crippen molar-refractivity contribution in [3.8, 4) is 6.07 Å². The molecule has 4 heteroatoms. The maximum Gasteiger partial charge on any atom is 0.161 e. The normalized spacial score (nSPS) is 35.7. The molecule has 3 atom stereocenters. The molecule has 0 radical (unpaired) electrons. The molecule has 0 aromatic carbocycles. The Kier molecular flexibility index (Phi) is 2.69. The summed E-state index contributed by atoms with van der Waals surface area (Å²) in [4.78, 5) is 7.35. The number of oxime groups is 1. The highest BCUT2D eigenvalue weighted by Crippen LogP contribution is 2.33. The van der Waals surface area contributed by atoms with Crippen LogP contribution in [-0.2, 0) is 4.84 Å². The zero-order valence-corrected chi connectivity index (χ0v) is 8.44. The standard InChI is InChI=1S/C10H15N3O/c1-2-14-12-10(5-11)9-7-13-4-3-8(9)6-13/h8-9H,2-4,6-7H2,1H3. The molecule has 0 amide bonds. The predicted molar refractivity (Wildman–Crippen MR) is 52.7 cm³/mol. The molecule has 2 heterocycles. The summed E-state index contributed by atoms with van der Waals surface area (Å²) >= 11 is 0. The molecule has 0 saturated carbocycles. The van der Waals surface area contributed by atoms with Crippen LogP contribution in [0.5, 0.6) is 0 Å². The van der Waals surface area contributed by atoms with Gasteiger partial charge in [-0.15, -0.1) is 0 Å². The molecule has 2 aliphatic heterocycles. The third-order valence-corrected chi connectivity index (χ3v) is 3.09. The quantitative estimate of drug-likeness (QED) is 0.493. The van der Waals surface area contributed by atoms with Crippen molar-refractivity contribution in [1.82, 2.24) is 4.90 Å². The summed E-state index contributed by atoms with van der Waals surface area (Å²) in [5.74, 6) is 0.953. The molecule has 2 rings (SSSR count). The van der Waals surface area contributed by atoms with E-state index >= 15 is 0 Å². The van der Waals surface area contributed by atoms with Gasteiger partial charge in [0, 0.05) is 19.0 Å². The average molecular weight is 193 g/mol. The maximum atomic E-state index is 8.96. The molecule has 2 bridgehead atoms. The summed E-state index contributed by atoms with van der Waals surface area (Å²) in [6.45, 7) is 5.73. The van der Waals surface area contributed by atoms with E-state index in [2.05, 4.69) is 16.1 Å². The van der Waals surface area contributed by atoms with Gasteiger partial charge in [0.05, 0.1) is 0 Å². The van der Waals surface area contributed by atoms with Crippen molar-refractivity contribution in [2.75, 3.05) is 26.2 Å². The summed E-state index contributed by atoms with van der Waals surface area (Å²) < 4.78 is 0. The highest BCUT2D eigenvalue weighted by molar-refractivity contribution is 6.00. The topological polar surface area (TPSA) is 48.6 Å². The molecule has 0 aromatic heterocycles. The van der Waals surface area contributed by atoms with Crippen LogP contribution >= 0.6 is 0 Å². The fraction of sp³-hybridized carbons (Fsp3) is 0.800. The van der Waals surface area contributed by atoms with Gasteiger partial charge in [-0.3, -0.25) is 0 Å². The van der Waals surface area contributed by atoms with Gasteiger partial charge >= 0.3 is 0 Å². The van der Waals surface area contributed by atoms with Crippen LogP contribution in [0.15, 0.2) is 5.16 Å². The fourth-order valence-corrected chi connectivity index (χ4v) is 2.40. The number of hydrogen-bond donors (Lipinski definition) is 0. The molecular weight excluding hydrogens is 178 g/mol. The molecule has 2 aliphatic rings. The molecule has 76 valence electrons. The molecule has 4 nitrogen and oxygen atoms in total. The summed E-state index contributed by atoms with van der Waals surface area (Å²) in [5.41, 5.74) is 0.582. The zero-order chi connectivity index (χ0) is 9.97. The van der Waals surface area contributed by atoms with Crippen LogP contribution in [0, 0.1) is 23.2 Å². The van der Waals surface area contributed by atoms with Crippen molar-refractivity contribution >= 4 is 5.71 Å². The van der Waals surface area contributed by atoms with Crippen molar-refractivity contribution in [3.63, 3.8) is 0 Å². The van der Waals surface area contributed by atoms with Gasteiger partial charge in [0.25, 0.3) is 0 Å². The Balaban J connectivity index is 2.03. The van der Waals surface area contributed by atoms with Gasteiger partial charge in [-0.1, -0.05) is 5.16 Å². The van der Waals surface area contributed by atoms with E-state index < -0.39 is 0 Å². The highest BCUT2D eigenvalue weighted by atomic mass is 16.6. The molecule has 3 unspecified atom stereocenters. The van der Waals surface area contributed by atoms with Gasteiger partial charge in [0.2, 0.25) is 0 Å². The van der Waals surface area contributed by atoms with Crippen LogP contribution in [0.3, 0.4) is 0 Å². The number of rotatable bonds is 3. The van der Waals surface area contributed by atoms with E-state index in [1.807, 2.05) is 6.92 Å². The second kappa shape index (κ2) is 3.97. The smallest absolute Gasteiger partial charge is 0.161 e. The largest absolute Gasteiger partial charge is 0.395 e. The van der Waals surface area contributed by atoms with Crippen LogP contribution < -0.4 is 0 Å². The van der Waals surface area contributed by atoms with Crippen LogP contribution in [0.25, 0.3) is 0 Å². The molecule has 2 saturated heterocycles. The number of nitriles is 1. The van der Waals surface area contributed by atoms with E-state index in [0.29, 0.717) is 24.2 Å². The van der Waals surface area contributed by atoms with Gasteiger partial charge in [0.15, 0.2) is 5.71 Å². The maximum absolute atomic E-state index is 8.96. The lowest BCUT2D eigenvalue weighted by Crippen LogP contribution is -2.28. The van der Waals surface area contributed by atoms with Crippen LogP contribution in [0.1, 0.15) is 13.3 Å². The van der Waals surface area contributed by atoms with Gasteiger partial charge in [-0.05, 0) is 25.8 Å². The zero-order valence-electron chi connectivity index (χ0n) is 8.44. The lowest BCUT2D eigenvalue weighted by molar-refractivity contribution is 0.156. The van der Waals surface area contributed by atoms with Crippen LogP contribution in [-0.4, -0.2) is 36.9 Å². The van der Waals surface area contributed by atoms with E-state index in [1.165, 1.54) is 13.0 Å². The van der Waals surface area contributed by atoms with E-state index in [-0.39, 0.29) is 0 Å². The Bertz CT molecular complexity index is 282. The number of nitrogens with zero attached hydrogens (tertiary/aromatic N) is 3. The van der Waals surface area contributed by atoms with Crippen molar-refractivity contribution in [2.24, 2.45) is 17.0 Å². The number of fused-ring (bicyclic) bond motifs is 2. The summed E-state index contributed by atoms with van der Waals surface area (Å²) in [6, 6.07) is 2.16. The Morgan fingerprint density at radius 2 is 2.50 bits per heavy atom. The van der Waals surface area contributed by atoms with Crippen LogP contribution in [0.4, 0.5) is 0 Å². The lowest BCUT2D eigenvalue weighted by atomic mass is 9.89. The minimum atomic E-state index is 0.320. The number of hydrogen-bond acceptors (Lipinski definition) is 4. The second-order valence-corrected chi connectivity index (χ2v) is 3.92. The van der Waals surface area contributed by atoms with Crippen LogP contribution in [0.2, 0.25) is 0 Å². The third kappa shape index (κ3) is 1.60. The van der Waals surface area contributed by atoms with Crippen molar-refractivity contribution in [2.45, 2.75) is 13.3 Å². The Morgan fingerprint density at radius 1 is 1.64 bits per heavy atom. The van der Waals surface area contributed by atoms with E-state index in [9.17, 15) is 0 Å². The fourth-order valence-electron chi connectivity index (χ4n) is 2.40. The minimum absolute atomic E-state index is 0.320.